The molecule has 0 aromatic heterocycles. The predicted octanol–water partition coefficient (Wildman–Crippen LogP) is -1.14. The lowest BCUT2D eigenvalue weighted by molar-refractivity contribution is -0.142. The summed E-state index contributed by atoms with van der Waals surface area (Å²) in [5, 5.41) is 3.28. The Hall–Kier alpha value is -0.700. The Morgan fingerprint density at radius 2 is 1.95 bits per heavy atom. The number of hydrogen-bond acceptors (Lipinski definition) is 6. The number of sulfonamides is 1. The van der Waals surface area contributed by atoms with Crippen molar-refractivity contribution >= 4 is 16.0 Å². The molecule has 1 N–H and O–H groups in total. The van der Waals surface area contributed by atoms with Gasteiger partial charge < -0.3 is 10.1 Å². The van der Waals surface area contributed by atoms with Crippen LogP contribution in [0.25, 0.3) is 0 Å². The zero-order chi connectivity index (χ0) is 14.6. The summed E-state index contributed by atoms with van der Waals surface area (Å²) in [4.78, 5) is 13.5. The molecular weight excluding hydrogens is 282 g/mol. The van der Waals surface area contributed by atoms with Gasteiger partial charge in [-0.25, -0.2) is 8.42 Å². The molecule has 2 fully saturated rings. The van der Waals surface area contributed by atoms with Gasteiger partial charge in [0.2, 0.25) is 10.0 Å². The molecule has 116 valence electrons. The van der Waals surface area contributed by atoms with Crippen molar-refractivity contribution < 1.29 is 17.9 Å². The fourth-order valence-electron chi connectivity index (χ4n) is 2.50. The average Bonchev–Trinajstić information content (AvgIpc) is 2.36. The zero-order valence-electron chi connectivity index (χ0n) is 11.9. The van der Waals surface area contributed by atoms with E-state index in [2.05, 4.69) is 10.2 Å². The van der Waals surface area contributed by atoms with E-state index in [-0.39, 0.29) is 18.8 Å². The Balaban J connectivity index is 1.74. The molecular formula is C12H23N3O4S. The maximum absolute atomic E-state index is 12.0. The lowest BCUT2D eigenvalue weighted by Crippen LogP contribution is -2.64. The minimum Gasteiger partial charge on any atom is -0.466 e. The van der Waals surface area contributed by atoms with Crippen LogP contribution < -0.4 is 5.32 Å². The average molecular weight is 305 g/mol. The summed E-state index contributed by atoms with van der Waals surface area (Å²) in [6, 6.07) is 0.328. The van der Waals surface area contributed by atoms with Crippen LogP contribution >= 0.6 is 0 Å². The van der Waals surface area contributed by atoms with Gasteiger partial charge in [-0.05, 0) is 6.92 Å². The third-order valence-electron chi connectivity index (χ3n) is 3.76. The van der Waals surface area contributed by atoms with E-state index >= 15 is 0 Å². The van der Waals surface area contributed by atoms with E-state index in [0.717, 1.165) is 26.2 Å². The maximum atomic E-state index is 12.0. The van der Waals surface area contributed by atoms with Gasteiger partial charge in [0.15, 0.2) is 0 Å². The first kappa shape index (κ1) is 15.7. The molecule has 0 saturated carbocycles. The van der Waals surface area contributed by atoms with Crippen LogP contribution in [0.15, 0.2) is 0 Å². The second-order valence-electron chi connectivity index (χ2n) is 5.13. The quantitative estimate of drug-likeness (QED) is 0.625. The number of rotatable bonds is 6. The van der Waals surface area contributed by atoms with Gasteiger partial charge in [-0.2, -0.15) is 4.31 Å². The third-order valence-corrected chi connectivity index (χ3v) is 5.56. The van der Waals surface area contributed by atoms with Crippen molar-refractivity contribution in [3.8, 4) is 0 Å². The van der Waals surface area contributed by atoms with Crippen LogP contribution in [0.2, 0.25) is 0 Å². The summed E-state index contributed by atoms with van der Waals surface area (Å²) in [5.41, 5.74) is 0. The Morgan fingerprint density at radius 1 is 1.30 bits per heavy atom. The number of ether oxygens (including phenoxy) is 1. The van der Waals surface area contributed by atoms with E-state index in [1.807, 2.05) is 0 Å². The van der Waals surface area contributed by atoms with Crippen molar-refractivity contribution in [2.24, 2.45) is 0 Å². The van der Waals surface area contributed by atoms with Gasteiger partial charge >= 0.3 is 5.97 Å². The largest absolute Gasteiger partial charge is 0.466 e. The SMILES string of the molecule is CCOC(=O)CCS(=O)(=O)N1CC(N2CCNCC2)C1. The molecule has 7 nitrogen and oxygen atoms in total. The van der Waals surface area contributed by atoms with Crippen LogP contribution in [0.3, 0.4) is 0 Å². The Morgan fingerprint density at radius 3 is 2.55 bits per heavy atom. The van der Waals surface area contributed by atoms with E-state index in [4.69, 9.17) is 4.74 Å². The number of piperazine rings is 1. The molecule has 0 aromatic rings. The van der Waals surface area contributed by atoms with Crippen molar-refractivity contribution in [3.05, 3.63) is 0 Å². The molecule has 0 spiro atoms. The molecule has 2 rings (SSSR count). The molecule has 0 atom stereocenters. The second-order valence-corrected chi connectivity index (χ2v) is 7.22. The summed E-state index contributed by atoms with van der Waals surface area (Å²) in [7, 11) is -3.32. The topological polar surface area (TPSA) is 79.0 Å². The molecule has 2 aliphatic heterocycles. The maximum Gasteiger partial charge on any atom is 0.306 e. The first-order valence-electron chi connectivity index (χ1n) is 7.11. The molecule has 0 aromatic carbocycles. The predicted molar refractivity (Wildman–Crippen MR) is 74.8 cm³/mol. The molecule has 0 radical (unpaired) electrons. The van der Waals surface area contributed by atoms with Gasteiger partial charge in [0, 0.05) is 45.3 Å². The van der Waals surface area contributed by atoms with Crippen LogP contribution in [0.1, 0.15) is 13.3 Å². The number of nitrogens with zero attached hydrogens (tertiary/aromatic N) is 2. The second kappa shape index (κ2) is 6.84. The van der Waals surface area contributed by atoms with Gasteiger partial charge in [0.25, 0.3) is 0 Å². The summed E-state index contributed by atoms with van der Waals surface area (Å²) in [5.74, 6) is -0.602. The van der Waals surface area contributed by atoms with Gasteiger partial charge in [0.1, 0.15) is 0 Å². The number of hydrogen-bond donors (Lipinski definition) is 1. The van der Waals surface area contributed by atoms with Gasteiger partial charge in [0.05, 0.1) is 18.8 Å². The molecule has 0 unspecified atom stereocenters. The van der Waals surface area contributed by atoms with E-state index in [1.54, 1.807) is 6.92 Å². The van der Waals surface area contributed by atoms with E-state index < -0.39 is 16.0 Å². The van der Waals surface area contributed by atoms with E-state index in [9.17, 15) is 13.2 Å². The van der Waals surface area contributed by atoms with Crippen LogP contribution in [0.5, 0.6) is 0 Å². The zero-order valence-corrected chi connectivity index (χ0v) is 12.7. The number of esters is 1. The summed E-state index contributed by atoms with van der Waals surface area (Å²) in [6.45, 7) is 6.96. The fourth-order valence-corrected chi connectivity index (χ4v) is 3.98. The monoisotopic (exact) mass is 305 g/mol. The Kier molecular flexibility index (Phi) is 5.36. The highest BCUT2D eigenvalue weighted by Crippen LogP contribution is 2.20. The van der Waals surface area contributed by atoms with Gasteiger partial charge in [-0.3, -0.25) is 9.69 Å². The lowest BCUT2D eigenvalue weighted by atomic mass is 10.1. The highest BCUT2D eigenvalue weighted by Gasteiger charge is 2.38. The smallest absolute Gasteiger partial charge is 0.306 e. The van der Waals surface area contributed by atoms with Crippen molar-refractivity contribution in [3.63, 3.8) is 0 Å². The summed E-state index contributed by atoms with van der Waals surface area (Å²) >= 11 is 0. The van der Waals surface area contributed by atoms with Crippen LogP contribution in [0.4, 0.5) is 0 Å². The highest BCUT2D eigenvalue weighted by atomic mass is 32.2. The fraction of sp³-hybridized carbons (Fsp3) is 0.917. The van der Waals surface area contributed by atoms with Crippen LogP contribution in [-0.2, 0) is 19.6 Å². The molecule has 8 heteroatoms. The molecule has 2 saturated heterocycles. The lowest BCUT2D eigenvalue weighted by Gasteiger charge is -2.45. The summed E-state index contributed by atoms with van der Waals surface area (Å²) in [6.07, 6.45) is -0.0645. The first-order chi connectivity index (χ1) is 9.53. The molecule has 0 amide bonds. The minimum atomic E-state index is -3.32. The molecule has 20 heavy (non-hydrogen) atoms. The Labute approximate surface area is 120 Å². The van der Waals surface area contributed by atoms with Crippen molar-refractivity contribution in [2.45, 2.75) is 19.4 Å². The van der Waals surface area contributed by atoms with Crippen molar-refractivity contribution in [2.75, 3.05) is 51.6 Å². The minimum absolute atomic E-state index is 0.0645. The molecule has 0 bridgehead atoms. The number of nitrogens with one attached hydrogen (secondary N) is 1. The van der Waals surface area contributed by atoms with Crippen LogP contribution in [-0.4, -0.2) is 81.3 Å². The molecule has 2 aliphatic rings. The van der Waals surface area contributed by atoms with Crippen molar-refractivity contribution in [1.29, 1.82) is 0 Å². The van der Waals surface area contributed by atoms with E-state index in [1.165, 1.54) is 4.31 Å². The first-order valence-corrected chi connectivity index (χ1v) is 8.72. The Bertz CT molecular complexity index is 428. The van der Waals surface area contributed by atoms with Gasteiger partial charge in [-0.15, -0.1) is 0 Å². The third kappa shape index (κ3) is 3.91. The number of carbonyl (C=O) groups excluding carboxylic acids is 1. The highest BCUT2D eigenvalue weighted by molar-refractivity contribution is 7.89. The standard InChI is InChI=1S/C12H23N3O4S/c1-2-19-12(16)3-8-20(17,18)15-9-11(10-15)14-6-4-13-5-7-14/h11,13H,2-10H2,1H3. The summed E-state index contributed by atoms with van der Waals surface area (Å²) < 4.78 is 30.3. The van der Waals surface area contributed by atoms with E-state index in [0.29, 0.717) is 19.1 Å². The molecule has 0 aliphatic carbocycles. The molecule has 2 heterocycles. The normalized spacial score (nSPS) is 22.4. The van der Waals surface area contributed by atoms with Crippen molar-refractivity contribution in [1.82, 2.24) is 14.5 Å². The van der Waals surface area contributed by atoms with Crippen LogP contribution in [0, 0.1) is 0 Å². The number of carbonyl (C=O) groups is 1. The van der Waals surface area contributed by atoms with Gasteiger partial charge in [-0.1, -0.05) is 0 Å².